The van der Waals surface area contributed by atoms with E-state index in [2.05, 4.69) is 10.3 Å². The van der Waals surface area contributed by atoms with Crippen LogP contribution in [0.2, 0.25) is 0 Å². The summed E-state index contributed by atoms with van der Waals surface area (Å²) in [4.78, 5) is 25.0. The van der Waals surface area contributed by atoms with Crippen LogP contribution in [0.3, 0.4) is 0 Å². The Morgan fingerprint density at radius 3 is 2.64 bits per heavy atom. The SMILES string of the molecule is NC(=O)c1cn(C[C@@H]2C[C@H](F)CN2C(=O)Cc2ccc(F)cc2)nn1. The van der Waals surface area contributed by atoms with Gasteiger partial charge in [-0.2, -0.15) is 0 Å². The van der Waals surface area contributed by atoms with E-state index in [1.807, 2.05) is 0 Å². The van der Waals surface area contributed by atoms with Crippen molar-refractivity contribution in [2.45, 2.75) is 31.6 Å². The first-order valence-corrected chi connectivity index (χ1v) is 7.80. The minimum absolute atomic E-state index is 0.00205. The highest BCUT2D eigenvalue weighted by Gasteiger charge is 2.35. The quantitative estimate of drug-likeness (QED) is 0.860. The van der Waals surface area contributed by atoms with Crippen LogP contribution in [0.4, 0.5) is 8.78 Å². The second kappa shape index (κ2) is 6.96. The molecule has 2 N–H and O–H groups in total. The van der Waals surface area contributed by atoms with Gasteiger partial charge >= 0.3 is 0 Å². The van der Waals surface area contributed by atoms with Gasteiger partial charge < -0.3 is 10.6 Å². The molecular formula is C16H17F2N5O2. The zero-order chi connectivity index (χ0) is 18.0. The number of hydrogen-bond donors (Lipinski definition) is 1. The summed E-state index contributed by atoms with van der Waals surface area (Å²) in [5, 5.41) is 7.41. The lowest BCUT2D eigenvalue weighted by molar-refractivity contribution is -0.131. The summed E-state index contributed by atoms with van der Waals surface area (Å²) >= 11 is 0. The third kappa shape index (κ3) is 3.98. The topological polar surface area (TPSA) is 94.1 Å². The molecule has 9 heteroatoms. The first-order chi connectivity index (χ1) is 11.9. The number of benzene rings is 1. The van der Waals surface area contributed by atoms with Gasteiger partial charge in [-0.25, -0.2) is 13.5 Å². The van der Waals surface area contributed by atoms with Crippen LogP contribution < -0.4 is 5.73 Å². The monoisotopic (exact) mass is 349 g/mol. The van der Waals surface area contributed by atoms with Gasteiger partial charge in [0.05, 0.1) is 31.7 Å². The number of aromatic nitrogens is 3. The predicted octanol–water partition coefficient (Wildman–Crippen LogP) is 0.698. The molecule has 0 bridgehead atoms. The fourth-order valence-electron chi connectivity index (χ4n) is 2.93. The molecule has 2 amide bonds. The maximum Gasteiger partial charge on any atom is 0.270 e. The smallest absolute Gasteiger partial charge is 0.270 e. The van der Waals surface area contributed by atoms with E-state index in [-0.39, 0.29) is 43.3 Å². The fourth-order valence-corrected chi connectivity index (χ4v) is 2.93. The third-order valence-corrected chi connectivity index (χ3v) is 4.14. The van der Waals surface area contributed by atoms with E-state index in [4.69, 9.17) is 5.73 Å². The van der Waals surface area contributed by atoms with Crippen molar-refractivity contribution in [1.82, 2.24) is 19.9 Å². The zero-order valence-electron chi connectivity index (χ0n) is 13.3. The van der Waals surface area contributed by atoms with Gasteiger partial charge in [0, 0.05) is 6.42 Å². The van der Waals surface area contributed by atoms with Crippen LogP contribution in [0.25, 0.3) is 0 Å². The van der Waals surface area contributed by atoms with E-state index >= 15 is 0 Å². The average molecular weight is 349 g/mol. The van der Waals surface area contributed by atoms with Crippen molar-refractivity contribution in [3.05, 3.63) is 47.5 Å². The summed E-state index contributed by atoms with van der Waals surface area (Å²) < 4.78 is 28.2. The highest BCUT2D eigenvalue weighted by Crippen LogP contribution is 2.23. The van der Waals surface area contributed by atoms with Crippen LogP contribution in [0, 0.1) is 5.82 Å². The minimum atomic E-state index is -1.12. The number of amides is 2. The molecule has 2 heterocycles. The molecule has 3 rings (SSSR count). The van der Waals surface area contributed by atoms with Crippen molar-refractivity contribution in [3.8, 4) is 0 Å². The van der Waals surface area contributed by atoms with Gasteiger partial charge in [-0.3, -0.25) is 9.59 Å². The van der Waals surface area contributed by atoms with Crippen molar-refractivity contribution < 1.29 is 18.4 Å². The number of halogens is 2. The first-order valence-electron chi connectivity index (χ1n) is 7.80. The van der Waals surface area contributed by atoms with Crippen LogP contribution >= 0.6 is 0 Å². The number of nitrogens with zero attached hydrogens (tertiary/aromatic N) is 4. The fraction of sp³-hybridized carbons (Fsp3) is 0.375. The number of nitrogens with two attached hydrogens (primary N) is 1. The lowest BCUT2D eigenvalue weighted by Gasteiger charge is -2.24. The van der Waals surface area contributed by atoms with Crippen LogP contribution in [0.5, 0.6) is 0 Å². The Morgan fingerprint density at radius 2 is 2.00 bits per heavy atom. The van der Waals surface area contributed by atoms with Gasteiger partial charge in [0.1, 0.15) is 12.0 Å². The summed E-state index contributed by atoms with van der Waals surface area (Å²) in [6.07, 6.45) is 0.492. The molecule has 2 atom stereocenters. The standard InChI is InChI=1S/C16H17F2N5O2/c17-11-3-1-10(2-4-11)5-15(24)23-7-12(18)6-13(23)8-22-9-14(16(19)25)20-21-22/h1-4,9,12-13H,5-8H2,(H2,19,25)/t12-,13-/m0/s1. The Kier molecular flexibility index (Phi) is 4.73. The number of alkyl halides is 1. The van der Waals surface area contributed by atoms with Crippen molar-refractivity contribution in [3.63, 3.8) is 0 Å². The van der Waals surface area contributed by atoms with E-state index < -0.39 is 18.1 Å². The molecule has 1 aliphatic rings. The highest BCUT2D eigenvalue weighted by molar-refractivity contribution is 5.90. The van der Waals surface area contributed by atoms with E-state index in [9.17, 15) is 18.4 Å². The summed E-state index contributed by atoms with van der Waals surface area (Å²) in [6, 6.07) is 5.22. The summed E-state index contributed by atoms with van der Waals surface area (Å²) in [6.45, 7) is 0.220. The largest absolute Gasteiger partial charge is 0.364 e. The molecule has 1 fully saturated rings. The first kappa shape index (κ1) is 17.0. The number of rotatable bonds is 5. The number of primary amides is 1. The lowest BCUT2D eigenvalue weighted by atomic mass is 10.1. The van der Waals surface area contributed by atoms with E-state index in [1.165, 1.54) is 40.0 Å². The van der Waals surface area contributed by atoms with Gasteiger partial charge in [0.15, 0.2) is 5.69 Å². The summed E-state index contributed by atoms with van der Waals surface area (Å²) in [5.41, 5.74) is 5.79. The summed E-state index contributed by atoms with van der Waals surface area (Å²) in [7, 11) is 0. The molecule has 1 aromatic heterocycles. The van der Waals surface area contributed by atoms with Crippen LogP contribution in [-0.2, 0) is 17.8 Å². The molecule has 0 saturated carbocycles. The van der Waals surface area contributed by atoms with Gasteiger partial charge in [-0.05, 0) is 17.7 Å². The second-order valence-electron chi connectivity index (χ2n) is 6.03. The maximum atomic E-state index is 13.8. The molecule has 0 unspecified atom stereocenters. The molecule has 1 saturated heterocycles. The average Bonchev–Trinajstić information content (AvgIpc) is 3.17. The molecule has 1 aromatic carbocycles. The number of carbonyl (C=O) groups is 2. The molecule has 7 nitrogen and oxygen atoms in total. The van der Waals surface area contributed by atoms with Crippen molar-refractivity contribution in [2.75, 3.05) is 6.54 Å². The Labute approximate surface area is 142 Å². The van der Waals surface area contributed by atoms with Crippen molar-refractivity contribution in [2.24, 2.45) is 5.73 Å². The van der Waals surface area contributed by atoms with Crippen LogP contribution in [0.15, 0.2) is 30.5 Å². The Bertz CT molecular complexity index is 777. The molecular weight excluding hydrogens is 332 g/mol. The molecule has 1 aliphatic heterocycles. The molecule has 2 aromatic rings. The van der Waals surface area contributed by atoms with Gasteiger partial charge in [0.25, 0.3) is 5.91 Å². The van der Waals surface area contributed by atoms with E-state index in [0.29, 0.717) is 5.56 Å². The van der Waals surface area contributed by atoms with E-state index in [0.717, 1.165) is 0 Å². The second-order valence-corrected chi connectivity index (χ2v) is 6.03. The van der Waals surface area contributed by atoms with E-state index in [1.54, 1.807) is 0 Å². The minimum Gasteiger partial charge on any atom is -0.364 e. The molecule has 0 aliphatic carbocycles. The van der Waals surface area contributed by atoms with Crippen LogP contribution in [-0.4, -0.2) is 50.5 Å². The lowest BCUT2D eigenvalue weighted by Crippen LogP contribution is -2.39. The van der Waals surface area contributed by atoms with Crippen LogP contribution in [0.1, 0.15) is 22.5 Å². The third-order valence-electron chi connectivity index (χ3n) is 4.14. The predicted molar refractivity (Wildman–Crippen MR) is 83.7 cm³/mol. The molecule has 0 spiro atoms. The molecule has 25 heavy (non-hydrogen) atoms. The molecule has 0 radical (unpaired) electrons. The van der Waals surface area contributed by atoms with Crippen molar-refractivity contribution in [1.29, 1.82) is 0 Å². The number of hydrogen-bond acceptors (Lipinski definition) is 4. The Hall–Kier alpha value is -2.84. The maximum absolute atomic E-state index is 13.8. The van der Waals surface area contributed by atoms with Gasteiger partial charge in [-0.15, -0.1) is 5.10 Å². The zero-order valence-corrected chi connectivity index (χ0v) is 13.3. The van der Waals surface area contributed by atoms with Crippen molar-refractivity contribution >= 4 is 11.8 Å². The normalized spacial score (nSPS) is 20.0. The van der Waals surface area contributed by atoms with Gasteiger partial charge in [-0.1, -0.05) is 17.3 Å². The number of likely N-dealkylation sites (tertiary alicyclic amines) is 1. The summed E-state index contributed by atoms with van der Waals surface area (Å²) in [5.74, 6) is -1.33. The Morgan fingerprint density at radius 1 is 1.28 bits per heavy atom. The number of carbonyl (C=O) groups excluding carboxylic acids is 2. The highest BCUT2D eigenvalue weighted by atomic mass is 19.1. The molecule has 132 valence electrons. The van der Waals surface area contributed by atoms with Gasteiger partial charge in [0.2, 0.25) is 5.91 Å². The Balaban J connectivity index is 1.68.